The van der Waals surface area contributed by atoms with E-state index in [4.69, 9.17) is 9.16 Å². The summed E-state index contributed by atoms with van der Waals surface area (Å²) in [6.45, 7) is 12.6. The molecule has 0 heterocycles. The van der Waals surface area contributed by atoms with Crippen LogP contribution in [0.1, 0.15) is 0 Å². The van der Waals surface area contributed by atoms with Crippen LogP contribution < -0.4 is 0 Å². The molecule has 0 atom stereocenters. The van der Waals surface area contributed by atoms with Crippen LogP contribution in [0.15, 0.2) is 11.5 Å². The number of esters is 1. The van der Waals surface area contributed by atoms with E-state index in [2.05, 4.69) is 19.6 Å². The van der Waals surface area contributed by atoms with E-state index < -0.39 is 16.4 Å². The summed E-state index contributed by atoms with van der Waals surface area (Å²) in [4.78, 5) is 11.5. The van der Waals surface area contributed by atoms with Gasteiger partial charge in [-0.15, -0.1) is 0 Å². The summed E-state index contributed by atoms with van der Waals surface area (Å²) in [7, 11) is -1.83. The van der Waals surface area contributed by atoms with Gasteiger partial charge >= 0.3 is 5.97 Å². The fourth-order valence-corrected chi connectivity index (χ4v) is 2.84. The van der Waals surface area contributed by atoms with Crippen LogP contribution in [0, 0.1) is 0 Å². The minimum atomic E-state index is -1.75. The summed E-state index contributed by atoms with van der Waals surface area (Å²) >= 11 is 0. The molecule has 0 aliphatic carbocycles. The first-order chi connectivity index (χ1) is 6.55. The molecule has 0 unspecified atom stereocenters. The minimum Gasteiger partial charge on any atom is -0.540 e. The van der Waals surface area contributed by atoms with Crippen molar-refractivity contribution in [3.63, 3.8) is 0 Å². The van der Waals surface area contributed by atoms with E-state index in [-0.39, 0.29) is 5.97 Å². The molecular formula is C10H22O3Si2. The molecule has 0 aromatic heterocycles. The van der Waals surface area contributed by atoms with Gasteiger partial charge in [0.05, 0.1) is 15.2 Å². The van der Waals surface area contributed by atoms with Gasteiger partial charge in [-0.25, -0.2) is 4.79 Å². The van der Waals surface area contributed by atoms with Gasteiger partial charge in [0.1, 0.15) is 0 Å². The van der Waals surface area contributed by atoms with Gasteiger partial charge in [-0.05, 0) is 25.3 Å². The number of ether oxygens (including phenoxy) is 1. The fraction of sp³-hybridized carbons (Fsp3) is 0.700. The normalized spacial score (nSPS) is 13.7. The molecule has 0 radical (unpaired) electrons. The fourth-order valence-electron chi connectivity index (χ4n) is 0.954. The van der Waals surface area contributed by atoms with Gasteiger partial charge in [-0.1, -0.05) is 19.6 Å². The molecule has 88 valence electrons. The average molecular weight is 246 g/mol. The monoisotopic (exact) mass is 246 g/mol. The van der Waals surface area contributed by atoms with Crippen molar-refractivity contribution in [2.75, 3.05) is 7.11 Å². The van der Waals surface area contributed by atoms with Crippen LogP contribution in [0.3, 0.4) is 0 Å². The predicted molar refractivity (Wildman–Crippen MR) is 67.9 cm³/mol. The lowest BCUT2D eigenvalue weighted by atomic mass is 10.6. The lowest BCUT2D eigenvalue weighted by molar-refractivity contribution is -0.138. The van der Waals surface area contributed by atoms with Gasteiger partial charge in [-0.2, -0.15) is 0 Å². The lowest BCUT2D eigenvalue weighted by Gasteiger charge is -2.22. The molecule has 5 heteroatoms. The number of rotatable bonds is 4. The van der Waals surface area contributed by atoms with Gasteiger partial charge in [0.2, 0.25) is 8.32 Å². The maximum absolute atomic E-state index is 11.5. The molecule has 3 nitrogen and oxygen atoms in total. The van der Waals surface area contributed by atoms with E-state index in [9.17, 15) is 4.79 Å². The van der Waals surface area contributed by atoms with Crippen molar-refractivity contribution in [1.29, 1.82) is 0 Å². The maximum atomic E-state index is 11.5. The first-order valence-electron chi connectivity index (χ1n) is 5.05. The van der Waals surface area contributed by atoms with Gasteiger partial charge < -0.3 is 9.16 Å². The Labute approximate surface area is 94.6 Å². The second-order valence-electron chi connectivity index (χ2n) is 5.58. The summed E-state index contributed by atoms with van der Waals surface area (Å²) < 4.78 is 10.4. The maximum Gasteiger partial charge on any atom is 0.371 e. The Morgan fingerprint density at radius 1 is 1.07 bits per heavy atom. The van der Waals surface area contributed by atoms with E-state index in [0.717, 1.165) is 0 Å². The smallest absolute Gasteiger partial charge is 0.371 e. The highest BCUT2D eigenvalue weighted by molar-refractivity contribution is 6.81. The van der Waals surface area contributed by atoms with Crippen LogP contribution in [-0.2, 0) is 14.0 Å². The van der Waals surface area contributed by atoms with Crippen LogP contribution in [0.5, 0.6) is 0 Å². The number of hydrogen-bond donors (Lipinski definition) is 0. The molecule has 0 aliphatic heterocycles. The van der Waals surface area contributed by atoms with E-state index in [1.807, 2.05) is 25.3 Å². The molecule has 0 aliphatic rings. The third-order valence-corrected chi connectivity index (χ3v) is 3.33. The highest BCUT2D eigenvalue weighted by Gasteiger charge is 2.24. The Kier molecular flexibility index (Phi) is 4.80. The first kappa shape index (κ1) is 14.4. The molecule has 0 saturated heterocycles. The van der Waals surface area contributed by atoms with Crippen molar-refractivity contribution < 1.29 is 14.0 Å². The number of carbonyl (C=O) groups is 1. The zero-order chi connectivity index (χ0) is 12.3. The minimum absolute atomic E-state index is 0.361. The van der Waals surface area contributed by atoms with Gasteiger partial charge in [0.25, 0.3) is 0 Å². The topological polar surface area (TPSA) is 35.5 Å². The van der Waals surface area contributed by atoms with Gasteiger partial charge in [0.15, 0.2) is 5.76 Å². The molecule has 0 fully saturated rings. The van der Waals surface area contributed by atoms with Crippen LogP contribution in [0.2, 0.25) is 39.3 Å². The van der Waals surface area contributed by atoms with Crippen LogP contribution in [0.4, 0.5) is 0 Å². The molecule has 0 spiro atoms. The van der Waals surface area contributed by atoms with Gasteiger partial charge in [0, 0.05) is 0 Å². The molecule has 0 rings (SSSR count). The summed E-state index contributed by atoms with van der Waals surface area (Å²) in [6.07, 6.45) is 0. The Balaban J connectivity index is 4.92. The number of carbonyl (C=O) groups excluding carboxylic acids is 1. The molecule has 0 amide bonds. The summed E-state index contributed by atoms with van der Waals surface area (Å²) in [5.41, 5.74) is 1.96. The standard InChI is InChI=1S/C10H22O3Si2/c1-12-10(11)9(8-14(2,3)4)13-15(5,6)7/h8H,1-7H3. The first-order valence-corrected chi connectivity index (χ1v) is 12.0. The number of methoxy groups -OCH3 is 1. The van der Waals surface area contributed by atoms with Crippen LogP contribution >= 0.6 is 0 Å². The lowest BCUT2D eigenvalue weighted by Crippen LogP contribution is -2.30. The molecule has 0 N–H and O–H groups in total. The van der Waals surface area contributed by atoms with Crippen molar-refractivity contribution in [2.45, 2.75) is 39.3 Å². The van der Waals surface area contributed by atoms with Crippen molar-refractivity contribution in [1.82, 2.24) is 0 Å². The Morgan fingerprint density at radius 3 is 1.80 bits per heavy atom. The summed E-state index contributed by atoms with van der Waals surface area (Å²) in [6, 6.07) is 0. The Hall–Kier alpha value is -0.556. The second kappa shape index (κ2) is 4.98. The molecule has 0 aromatic carbocycles. The van der Waals surface area contributed by atoms with Gasteiger partial charge in [-0.3, -0.25) is 0 Å². The van der Waals surface area contributed by atoms with E-state index in [1.165, 1.54) is 7.11 Å². The largest absolute Gasteiger partial charge is 0.540 e. The van der Waals surface area contributed by atoms with Crippen LogP contribution in [0.25, 0.3) is 0 Å². The predicted octanol–water partition coefficient (Wildman–Crippen LogP) is 2.77. The Morgan fingerprint density at radius 2 is 1.53 bits per heavy atom. The zero-order valence-electron chi connectivity index (χ0n) is 10.8. The quantitative estimate of drug-likeness (QED) is 0.331. The van der Waals surface area contributed by atoms with Crippen LogP contribution in [-0.4, -0.2) is 29.5 Å². The van der Waals surface area contributed by atoms with E-state index in [1.54, 1.807) is 0 Å². The third kappa shape index (κ3) is 7.38. The SMILES string of the molecule is COC(=O)C(=C[Si](C)(C)C)O[Si](C)(C)C. The molecule has 0 bridgehead atoms. The number of hydrogen-bond acceptors (Lipinski definition) is 3. The highest BCUT2D eigenvalue weighted by Crippen LogP contribution is 2.15. The molecule has 0 saturated carbocycles. The van der Waals surface area contributed by atoms with Crippen molar-refractivity contribution >= 4 is 22.4 Å². The third-order valence-electron chi connectivity index (χ3n) is 1.37. The van der Waals surface area contributed by atoms with Crippen molar-refractivity contribution in [3.8, 4) is 0 Å². The van der Waals surface area contributed by atoms with E-state index in [0.29, 0.717) is 5.76 Å². The zero-order valence-corrected chi connectivity index (χ0v) is 12.8. The van der Waals surface area contributed by atoms with E-state index >= 15 is 0 Å². The average Bonchev–Trinajstić information content (AvgIpc) is 1.96. The Bertz CT molecular complexity index is 259. The molecule has 15 heavy (non-hydrogen) atoms. The van der Waals surface area contributed by atoms with Crippen molar-refractivity contribution in [3.05, 3.63) is 11.5 Å². The highest BCUT2D eigenvalue weighted by atomic mass is 28.4. The summed E-state index contributed by atoms with van der Waals surface area (Å²) in [5.74, 6) is 0.0377. The summed E-state index contributed by atoms with van der Waals surface area (Å²) in [5, 5.41) is 0. The molecule has 0 aromatic rings. The second-order valence-corrected chi connectivity index (χ2v) is 15.0. The molecular weight excluding hydrogens is 224 g/mol. The van der Waals surface area contributed by atoms with Crippen molar-refractivity contribution in [2.24, 2.45) is 0 Å².